The van der Waals surface area contributed by atoms with Gasteiger partial charge in [-0.15, -0.1) is 11.6 Å². The first-order valence-corrected chi connectivity index (χ1v) is 5.66. The van der Waals surface area contributed by atoms with Crippen LogP contribution in [0.15, 0.2) is 12.2 Å². The predicted molar refractivity (Wildman–Crippen MR) is 60.6 cm³/mol. The third kappa shape index (κ3) is 7.36. The standard InChI is InChI=1S/C11H21ClO2/c1-3-4-5-6-7-10(12)11(14)8-9(2)13/h4-5,9-11,13-14H,3,6-8H2,1-2H3/b5-4+/t9-,10+,11-/m0/s1. The van der Waals surface area contributed by atoms with Gasteiger partial charge in [-0.25, -0.2) is 0 Å². The van der Waals surface area contributed by atoms with E-state index in [9.17, 15) is 5.11 Å². The van der Waals surface area contributed by atoms with Crippen LogP contribution < -0.4 is 0 Å². The van der Waals surface area contributed by atoms with Gasteiger partial charge in [0.25, 0.3) is 0 Å². The van der Waals surface area contributed by atoms with E-state index in [-0.39, 0.29) is 5.38 Å². The molecule has 0 radical (unpaired) electrons. The summed E-state index contributed by atoms with van der Waals surface area (Å²) in [6.07, 6.45) is 6.10. The predicted octanol–water partition coefficient (Wildman–Crippen LogP) is 2.47. The highest BCUT2D eigenvalue weighted by Gasteiger charge is 2.17. The Labute approximate surface area is 91.6 Å². The molecule has 0 aliphatic heterocycles. The second-order valence-electron chi connectivity index (χ2n) is 3.63. The molecule has 0 aliphatic carbocycles. The molecule has 0 aromatic rings. The van der Waals surface area contributed by atoms with E-state index in [2.05, 4.69) is 19.1 Å². The molecule has 0 bridgehead atoms. The second-order valence-corrected chi connectivity index (χ2v) is 4.19. The average Bonchev–Trinajstić information content (AvgIpc) is 2.11. The molecule has 0 fully saturated rings. The molecule has 2 N–H and O–H groups in total. The SMILES string of the molecule is CC/C=C/CC[C@@H](Cl)[C@@H](O)C[C@H](C)O. The molecule has 0 aromatic carbocycles. The molecular formula is C11H21ClO2. The minimum absolute atomic E-state index is 0.258. The number of aliphatic hydroxyl groups is 2. The molecule has 0 heterocycles. The molecule has 3 atom stereocenters. The molecule has 0 amide bonds. The van der Waals surface area contributed by atoms with Crippen molar-refractivity contribution in [2.45, 2.75) is 57.1 Å². The third-order valence-corrected chi connectivity index (χ3v) is 2.52. The Kier molecular flexibility index (Phi) is 8.24. The molecular weight excluding hydrogens is 200 g/mol. The van der Waals surface area contributed by atoms with Crippen molar-refractivity contribution in [3.63, 3.8) is 0 Å². The Hall–Kier alpha value is -0.0500. The van der Waals surface area contributed by atoms with Gasteiger partial charge in [0.15, 0.2) is 0 Å². The number of alkyl halides is 1. The summed E-state index contributed by atoms with van der Waals surface area (Å²) in [5.41, 5.74) is 0. The first kappa shape index (κ1) is 13.9. The van der Waals surface area contributed by atoms with Gasteiger partial charge in [-0.3, -0.25) is 0 Å². The zero-order valence-corrected chi connectivity index (χ0v) is 9.74. The second kappa shape index (κ2) is 8.27. The van der Waals surface area contributed by atoms with Crippen LogP contribution in [-0.4, -0.2) is 27.8 Å². The van der Waals surface area contributed by atoms with Crippen molar-refractivity contribution in [3.8, 4) is 0 Å². The first-order chi connectivity index (χ1) is 6.57. The Bertz CT molecular complexity index is 157. The van der Waals surface area contributed by atoms with E-state index in [0.29, 0.717) is 6.42 Å². The molecule has 84 valence electrons. The lowest BCUT2D eigenvalue weighted by atomic mass is 10.1. The maximum atomic E-state index is 9.53. The molecule has 0 aliphatic rings. The van der Waals surface area contributed by atoms with Gasteiger partial charge < -0.3 is 10.2 Å². The van der Waals surface area contributed by atoms with Crippen molar-refractivity contribution in [2.75, 3.05) is 0 Å². The summed E-state index contributed by atoms with van der Waals surface area (Å²) < 4.78 is 0. The van der Waals surface area contributed by atoms with Crippen molar-refractivity contribution in [3.05, 3.63) is 12.2 Å². The van der Waals surface area contributed by atoms with Crippen molar-refractivity contribution >= 4 is 11.6 Å². The molecule has 0 unspecified atom stereocenters. The van der Waals surface area contributed by atoms with Crippen molar-refractivity contribution in [1.29, 1.82) is 0 Å². The highest BCUT2D eigenvalue weighted by Crippen LogP contribution is 2.15. The van der Waals surface area contributed by atoms with Crippen molar-refractivity contribution in [2.24, 2.45) is 0 Å². The largest absolute Gasteiger partial charge is 0.393 e. The minimum atomic E-state index is -0.605. The van der Waals surface area contributed by atoms with E-state index in [1.165, 1.54) is 0 Å². The zero-order chi connectivity index (χ0) is 11.0. The van der Waals surface area contributed by atoms with Gasteiger partial charge in [0.05, 0.1) is 17.6 Å². The fourth-order valence-electron chi connectivity index (χ4n) is 1.23. The summed E-state index contributed by atoms with van der Waals surface area (Å²) in [6.45, 7) is 3.74. The lowest BCUT2D eigenvalue weighted by Crippen LogP contribution is -2.24. The van der Waals surface area contributed by atoms with Gasteiger partial charge >= 0.3 is 0 Å². The number of allylic oxidation sites excluding steroid dienone is 2. The van der Waals surface area contributed by atoms with Crippen LogP contribution in [0.25, 0.3) is 0 Å². The Morgan fingerprint density at radius 2 is 1.93 bits per heavy atom. The summed E-state index contributed by atoms with van der Waals surface area (Å²) in [4.78, 5) is 0. The lowest BCUT2D eigenvalue weighted by molar-refractivity contribution is 0.0864. The van der Waals surface area contributed by atoms with Gasteiger partial charge in [-0.2, -0.15) is 0 Å². The van der Waals surface area contributed by atoms with E-state index in [0.717, 1.165) is 19.3 Å². The molecule has 3 heteroatoms. The fraction of sp³-hybridized carbons (Fsp3) is 0.818. The molecule has 0 aromatic heterocycles. The van der Waals surface area contributed by atoms with Crippen LogP contribution in [-0.2, 0) is 0 Å². The zero-order valence-electron chi connectivity index (χ0n) is 8.99. The maximum Gasteiger partial charge on any atom is 0.0728 e. The molecule has 0 saturated heterocycles. The van der Waals surface area contributed by atoms with E-state index in [1.54, 1.807) is 6.92 Å². The number of hydrogen-bond donors (Lipinski definition) is 2. The molecule has 0 saturated carbocycles. The quantitative estimate of drug-likeness (QED) is 0.511. The normalized spacial score (nSPS) is 18.4. The van der Waals surface area contributed by atoms with E-state index >= 15 is 0 Å². The summed E-state index contributed by atoms with van der Waals surface area (Å²) in [6, 6.07) is 0. The fourth-order valence-corrected chi connectivity index (χ4v) is 1.46. The number of hydrogen-bond acceptors (Lipinski definition) is 2. The first-order valence-electron chi connectivity index (χ1n) is 5.23. The number of rotatable bonds is 7. The molecule has 0 spiro atoms. The number of halogens is 1. The van der Waals surface area contributed by atoms with Crippen molar-refractivity contribution < 1.29 is 10.2 Å². The van der Waals surface area contributed by atoms with Gasteiger partial charge in [-0.1, -0.05) is 19.1 Å². The summed E-state index contributed by atoms with van der Waals surface area (Å²) in [5.74, 6) is 0. The lowest BCUT2D eigenvalue weighted by Gasteiger charge is -2.17. The van der Waals surface area contributed by atoms with Gasteiger partial charge in [0, 0.05) is 6.42 Å². The van der Waals surface area contributed by atoms with E-state index in [1.807, 2.05) is 0 Å². The minimum Gasteiger partial charge on any atom is -0.393 e. The van der Waals surface area contributed by atoms with Crippen LogP contribution in [0.4, 0.5) is 0 Å². The van der Waals surface area contributed by atoms with Crippen LogP contribution in [0.5, 0.6) is 0 Å². The third-order valence-electron chi connectivity index (χ3n) is 2.01. The van der Waals surface area contributed by atoms with Crippen LogP contribution in [0, 0.1) is 0 Å². The summed E-state index contributed by atoms with van der Waals surface area (Å²) in [5, 5.41) is 18.3. The Balaban J connectivity index is 3.61. The topological polar surface area (TPSA) is 40.5 Å². The molecule has 2 nitrogen and oxygen atoms in total. The number of aliphatic hydroxyl groups excluding tert-OH is 2. The monoisotopic (exact) mass is 220 g/mol. The van der Waals surface area contributed by atoms with E-state index in [4.69, 9.17) is 16.7 Å². The van der Waals surface area contributed by atoms with Crippen LogP contribution in [0.2, 0.25) is 0 Å². The van der Waals surface area contributed by atoms with Crippen LogP contribution >= 0.6 is 11.6 Å². The highest BCUT2D eigenvalue weighted by molar-refractivity contribution is 6.21. The maximum absolute atomic E-state index is 9.53. The Morgan fingerprint density at radius 1 is 1.29 bits per heavy atom. The molecule has 0 rings (SSSR count). The van der Waals surface area contributed by atoms with Crippen LogP contribution in [0.1, 0.15) is 39.5 Å². The summed E-state index contributed by atoms with van der Waals surface area (Å²) >= 11 is 5.96. The summed E-state index contributed by atoms with van der Waals surface area (Å²) in [7, 11) is 0. The van der Waals surface area contributed by atoms with Gasteiger partial charge in [-0.05, 0) is 26.2 Å². The smallest absolute Gasteiger partial charge is 0.0728 e. The average molecular weight is 221 g/mol. The van der Waals surface area contributed by atoms with E-state index < -0.39 is 12.2 Å². The van der Waals surface area contributed by atoms with Gasteiger partial charge in [0.2, 0.25) is 0 Å². The van der Waals surface area contributed by atoms with Crippen molar-refractivity contribution in [1.82, 2.24) is 0 Å². The van der Waals surface area contributed by atoms with Crippen LogP contribution in [0.3, 0.4) is 0 Å². The molecule has 14 heavy (non-hydrogen) atoms. The highest BCUT2D eigenvalue weighted by atomic mass is 35.5. The van der Waals surface area contributed by atoms with Gasteiger partial charge in [0.1, 0.15) is 0 Å². The Morgan fingerprint density at radius 3 is 2.43 bits per heavy atom.